The monoisotopic (exact) mass is 432 g/mol. The van der Waals surface area contributed by atoms with Crippen LogP contribution in [0.3, 0.4) is 0 Å². The van der Waals surface area contributed by atoms with E-state index >= 15 is 0 Å². The molecular weight excluding hydrogens is 409 g/mol. The number of alkyl halides is 3. The molecule has 0 fully saturated rings. The van der Waals surface area contributed by atoms with Gasteiger partial charge in [-0.05, 0) is 37.6 Å². The van der Waals surface area contributed by atoms with Gasteiger partial charge in [-0.2, -0.15) is 13.2 Å². The zero-order valence-corrected chi connectivity index (χ0v) is 17.4. The number of benzene rings is 2. The molecule has 1 atom stereocenters. The summed E-state index contributed by atoms with van der Waals surface area (Å²) in [5, 5.41) is 2.79. The molecule has 2 amide bonds. The molecule has 31 heavy (non-hydrogen) atoms. The third-order valence-electron chi connectivity index (χ3n) is 5.09. The summed E-state index contributed by atoms with van der Waals surface area (Å²) in [5.74, 6) is 0.368. The molecule has 3 rings (SSSR count). The SMILES string of the molecule is CCCn1c(C(C)N(C)C(=O)Nc2ccccc2C(F)(F)F)nc2ccccc2c1=O. The predicted molar refractivity (Wildman–Crippen MR) is 113 cm³/mol. The van der Waals surface area contributed by atoms with E-state index in [0.29, 0.717) is 29.7 Å². The van der Waals surface area contributed by atoms with Crippen LogP contribution in [0.2, 0.25) is 0 Å². The maximum Gasteiger partial charge on any atom is 0.418 e. The molecule has 1 unspecified atom stereocenters. The lowest BCUT2D eigenvalue weighted by Crippen LogP contribution is -2.38. The molecule has 0 spiro atoms. The predicted octanol–water partition coefficient (Wildman–Crippen LogP) is 5.05. The lowest BCUT2D eigenvalue weighted by atomic mass is 10.1. The molecule has 164 valence electrons. The molecule has 9 heteroatoms. The number of aromatic nitrogens is 2. The molecular formula is C22H23F3N4O2. The Hall–Kier alpha value is -3.36. The van der Waals surface area contributed by atoms with Gasteiger partial charge >= 0.3 is 12.2 Å². The number of rotatable bonds is 5. The van der Waals surface area contributed by atoms with Gasteiger partial charge in [0, 0.05) is 13.6 Å². The van der Waals surface area contributed by atoms with Gasteiger partial charge in [-0.1, -0.05) is 31.2 Å². The van der Waals surface area contributed by atoms with Gasteiger partial charge in [0.1, 0.15) is 5.82 Å². The summed E-state index contributed by atoms with van der Waals surface area (Å²) in [6.45, 7) is 4.00. The quantitative estimate of drug-likeness (QED) is 0.614. The summed E-state index contributed by atoms with van der Waals surface area (Å²) in [6.07, 6.45) is -3.93. The highest BCUT2D eigenvalue weighted by atomic mass is 19.4. The van der Waals surface area contributed by atoms with Crippen LogP contribution in [-0.4, -0.2) is 27.5 Å². The number of halogens is 3. The Kier molecular flexibility index (Phi) is 6.33. The summed E-state index contributed by atoms with van der Waals surface area (Å²) >= 11 is 0. The lowest BCUT2D eigenvalue weighted by molar-refractivity contribution is -0.136. The molecule has 0 saturated carbocycles. The molecule has 2 aromatic carbocycles. The first kappa shape index (κ1) is 22.3. The molecule has 3 aromatic rings. The summed E-state index contributed by atoms with van der Waals surface area (Å²) < 4.78 is 41.2. The Labute approximate surface area is 177 Å². The van der Waals surface area contributed by atoms with E-state index in [9.17, 15) is 22.8 Å². The Morgan fingerprint density at radius 2 is 1.81 bits per heavy atom. The largest absolute Gasteiger partial charge is 0.418 e. The summed E-state index contributed by atoms with van der Waals surface area (Å²) in [5.41, 5.74) is -0.990. The summed E-state index contributed by atoms with van der Waals surface area (Å²) in [7, 11) is 1.45. The standard InChI is InChI=1S/C22H23F3N4O2/c1-4-13-29-19(26-17-11-7-5-9-15(17)20(29)30)14(2)28(3)21(31)27-18-12-8-6-10-16(18)22(23,24)25/h5-12,14H,4,13H2,1-3H3,(H,27,31). The maximum absolute atomic E-state index is 13.2. The van der Waals surface area contributed by atoms with Gasteiger partial charge in [0.25, 0.3) is 5.56 Å². The van der Waals surface area contributed by atoms with Crippen LogP contribution in [0.25, 0.3) is 10.9 Å². The van der Waals surface area contributed by atoms with Crippen LogP contribution < -0.4 is 10.9 Å². The van der Waals surface area contributed by atoms with Crippen LogP contribution in [-0.2, 0) is 12.7 Å². The number of carbonyl (C=O) groups excluding carboxylic acids is 1. The highest BCUT2D eigenvalue weighted by Crippen LogP contribution is 2.34. The van der Waals surface area contributed by atoms with Crippen LogP contribution in [0.15, 0.2) is 53.3 Å². The fourth-order valence-electron chi connectivity index (χ4n) is 3.34. The fourth-order valence-corrected chi connectivity index (χ4v) is 3.34. The summed E-state index contributed by atoms with van der Waals surface area (Å²) in [6, 6.07) is 10.3. The van der Waals surface area contributed by atoms with Crippen LogP contribution in [0.4, 0.5) is 23.7 Å². The third kappa shape index (κ3) is 4.55. The number of hydrogen-bond donors (Lipinski definition) is 1. The van der Waals surface area contributed by atoms with Crippen molar-refractivity contribution in [2.45, 2.75) is 39.0 Å². The Morgan fingerprint density at radius 1 is 1.16 bits per heavy atom. The number of nitrogens with one attached hydrogen (secondary N) is 1. The van der Waals surface area contributed by atoms with Crippen molar-refractivity contribution in [1.82, 2.24) is 14.5 Å². The van der Waals surface area contributed by atoms with E-state index in [2.05, 4.69) is 10.3 Å². The van der Waals surface area contributed by atoms with Gasteiger partial charge in [-0.25, -0.2) is 9.78 Å². The number of hydrogen-bond acceptors (Lipinski definition) is 3. The molecule has 0 aliphatic rings. The Morgan fingerprint density at radius 3 is 2.48 bits per heavy atom. The zero-order chi connectivity index (χ0) is 22.8. The Balaban J connectivity index is 1.95. The van der Waals surface area contributed by atoms with E-state index < -0.39 is 23.8 Å². The summed E-state index contributed by atoms with van der Waals surface area (Å²) in [4.78, 5) is 31.5. The van der Waals surface area contributed by atoms with E-state index in [1.54, 1.807) is 31.2 Å². The number of nitrogens with zero attached hydrogens (tertiary/aromatic N) is 3. The first-order valence-electron chi connectivity index (χ1n) is 9.84. The first-order valence-corrected chi connectivity index (χ1v) is 9.84. The normalized spacial score (nSPS) is 12.6. The van der Waals surface area contributed by atoms with Crippen molar-refractivity contribution in [1.29, 1.82) is 0 Å². The van der Waals surface area contributed by atoms with E-state index in [1.165, 1.54) is 34.7 Å². The number of para-hydroxylation sites is 2. The van der Waals surface area contributed by atoms with Gasteiger partial charge in [-0.15, -0.1) is 0 Å². The van der Waals surface area contributed by atoms with E-state index in [0.717, 1.165) is 6.07 Å². The fraction of sp³-hybridized carbons (Fsp3) is 0.318. The minimum atomic E-state index is -4.60. The molecule has 6 nitrogen and oxygen atoms in total. The van der Waals surface area contributed by atoms with Crippen molar-refractivity contribution in [3.63, 3.8) is 0 Å². The van der Waals surface area contributed by atoms with Gasteiger partial charge < -0.3 is 10.2 Å². The number of fused-ring (bicyclic) bond motifs is 1. The average molecular weight is 432 g/mol. The van der Waals surface area contributed by atoms with Gasteiger partial charge in [0.15, 0.2) is 0 Å². The molecule has 1 N–H and O–H groups in total. The second kappa shape index (κ2) is 8.79. The molecule has 0 radical (unpaired) electrons. The van der Waals surface area contributed by atoms with Crippen molar-refractivity contribution in [3.05, 3.63) is 70.3 Å². The van der Waals surface area contributed by atoms with Gasteiger partial charge in [-0.3, -0.25) is 9.36 Å². The number of carbonyl (C=O) groups is 1. The third-order valence-corrected chi connectivity index (χ3v) is 5.09. The van der Waals surface area contributed by atoms with Crippen LogP contribution >= 0.6 is 0 Å². The van der Waals surface area contributed by atoms with Crippen molar-refractivity contribution >= 4 is 22.6 Å². The van der Waals surface area contributed by atoms with Gasteiger partial charge in [0.05, 0.1) is 28.2 Å². The number of amides is 2. The second-order valence-electron chi connectivity index (χ2n) is 7.20. The number of anilines is 1. The van der Waals surface area contributed by atoms with Crippen molar-refractivity contribution in [3.8, 4) is 0 Å². The highest BCUT2D eigenvalue weighted by molar-refractivity contribution is 5.90. The van der Waals surface area contributed by atoms with E-state index in [4.69, 9.17) is 0 Å². The molecule has 0 aliphatic carbocycles. The van der Waals surface area contributed by atoms with E-state index in [-0.39, 0.29) is 11.2 Å². The molecule has 1 aromatic heterocycles. The molecule has 0 saturated heterocycles. The number of urea groups is 1. The molecule has 0 bridgehead atoms. The molecule has 0 aliphatic heterocycles. The molecule has 1 heterocycles. The minimum Gasteiger partial charge on any atom is -0.318 e. The minimum absolute atomic E-state index is 0.217. The van der Waals surface area contributed by atoms with Crippen molar-refractivity contribution < 1.29 is 18.0 Å². The van der Waals surface area contributed by atoms with Crippen molar-refractivity contribution in [2.24, 2.45) is 0 Å². The highest BCUT2D eigenvalue weighted by Gasteiger charge is 2.34. The second-order valence-corrected chi connectivity index (χ2v) is 7.20. The lowest BCUT2D eigenvalue weighted by Gasteiger charge is -2.27. The maximum atomic E-state index is 13.2. The van der Waals surface area contributed by atoms with Crippen LogP contribution in [0, 0.1) is 0 Å². The van der Waals surface area contributed by atoms with E-state index in [1.807, 2.05) is 6.92 Å². The van der Waals surface area contributed by atoms with Crippen LogP contribution in [0.1, 0.15) is 37.7 Å². The first-order chi connectivity index (χ1) is 14.6. The topological polar surface area (TPSA) is 67.2 Å². The smallest absolute Gasteiger partial charge is 0.318 e. The Bertz CT molecular complexity index is 1160. The zero-order valence-electron chi connectivity index (χ0n) is 17.4. The van der Waals surface area contributed by atoms with Gasteiger partial charge in [0.2, 0.25) is 0 Å². The average Bonchev–Trinajstić information content (AvgIpc) is 2.74. The van der Waals surface area contributed by atoms with Crippen molar-refractivity contribution in [2.75, 3.05) is 12.4 Å². The van der Waals surface area contributed by atoms with Crippen LogP contribution in [0.5, 0.6) is 0 Å².